The van der Waals surface area contributed by atoms with Gasteiger partial charge in [0.1, 0.15) is 5.01 Å². The SMILES string of the molecule is CC(C)CNCc1ccn(Cc2nccs2)c1. The predicted molar refractivity (Wildman–Crippen MR) is 72.2 cm³/mol. The molecule has 2 aromatic heterocycles. The molecule has 0 radical (unpaired) electrons. The number of nitrogens with one attached hydrogen (secondary N) is 1. The molecule has 0 saturated carbocycles. The Balaban J connectivity index is 1.83. The Labute approximate surface area is 107 Å². The van der Waals surface area contributed by atoms with Crippen molar-refractivity contribution in [1.82, 2.24) is 14.9 Å². The van der Waals surface area contributed by atoms with Crippen molar-refractivity contribution in [2.24, 2.45) is 5.92 Å². The fourth-order valence-corrected chi connectivity index (χ4v) is 2.31. The van der Waals surface area contributed by atoms with Gasteiger partial charge in [0.2, 0.25) is 0 Å². The minimum atomic E-state index is 0.701. The molecule has 2 rings (SSSR count). The molecule has 2 heterocycles. The third-order valence-electron chi connectivity index (χ3n) is 2.49. The number of hydrogen-bond acceptors (Lipinski definition) is 3. The third-order valence-corrected chi connectivity index (χ3v) is 3.26. The van der Waals surface area contributed by atoms with E-state index in [0.717, 1.165) is 24.6 Å². The van der Waals surface area contributed by atoms with Gasteiger partial charge in [0.15, 0.2) is 0 Å². The topological polar surface area (TPSA) is 29.9 Å². The first-order chi connectivity index (χ1) is 8.24. The van der Waals surface area contributed by atoms with E-state index in [1.54, 1.807) is 11.3 Å². The van der Waals surface area contributed by atoms with Gasteiger partial charge in [-0.15, -0.1) is 11.3 Å². The van der Waals surface area contributed by atoms with Crippen molar-refractivity contribution in [3.8, 4) is 0 Å². The van der Waals surface area contributed by atoms with E-state index < -0.39 is 0 Å². The van der Waals surface area contributed by atoms with E-state index in [1.807, 2.05) is 11.6 Å². The summed E-state index contributed by atoms with van der Waals surface area (Å²) in [5, 5.41) is 6.62. The van der Waals surface area contributed by atoms with Crippen LogP contribution in [0.2, 0.25) is 0 Å². The zero-order valence-corrected chi connectivity index (χ0v) is 11.2. The molecule has 0 aromatic carbocycles. The highest BCUT2D eigenvalue weighted by Crippen LogP contribution is 2.08. The molecule has 92 valence electrons. The van der Waals surface area contributed by atoms with Gasteiger partial charge in [-0.2, -0.15) is 0 Å². The van der Waals surface area contributed by atoms with E-state index in [4.69, 9.17) is 0 Å². The molecular formula is C13H19N3S. The van der Waals surface area contributed by atoms with Crippen molar-refractivity contribution in [3.05, 3.63) is 40.6 Å². The number of thiazole rings is 1. The van der Waals surface area contributed by atoms with Gasteiger partial charge >= 0.3 is 0 Å². The molecule has 1 N–H and O–H groups in total. The normalized spacial score (nSPS) is 11.2. The van der Waals surface area contributed by atoms with Crippen molar-refractivity contribution in [1.29, 1.82) is 0 Å². The number of hydrogen-bond donors (Lipinski definition) is 1. The van der Waals surface area contributed by atoms with Crippen LogP contribution in [0.25, 0.3) is 0 Å². The summed E-state index contributed by atoms with van der Waals surface area (Å²) < 4.78 is 2.19. The molecule has 3 nitrogen and oxygen atoms in total. The van der Waals surface area contributed by atoms with Crippen molar-refractivity contribution in [2.45, 2.75) is 26.9 Å². The van der Waals surface area contributed by atoms with Gasteiger partial charge in [0, 0.05) is 30.5 Å². The van der Waals surface area contributed by atoms with E-state index >= 15 is 0 Å². The van der Waals surface area contributed by atoms with Crippen molar-refractivity contribution < 1.29 is 0 Å². The van der Waals surface area contributed by atoms with Crippen LogP contribution < -0.4 is 5.32 Å². The largest absolute Gasteiger partial charge is 0.347 e. The molecule has 0 atom stereocenters. The average molecular weight is 249 g/mol. The molecule has 0 saturated heterocycles. The van der Waals surface area contributed by atoms with Crippen LogP contribution in [0.3, 0.4) is 0 Å². The Kier molecular flexibility index (Phi) is 4.34. The minimum Gasteiger partial charge on any atom is -0.347 e. The Morgan fingerprint density at radius 3 is 3.06 bits per heavy atom. The van der Waals surface area contributed by atoms with Crippen molar-refractivity contribution in [2.75, 3.05) is 6.54 Å². The smallest absolute Gasteiger partial charge is 0.112 e. The van der Waals surface area contributed by atoms with E-state index in [9.17, 15) is 0 Å². The average Bonchev–Trinajstić information content (AvgIpc) is 2.90. The maximum absolute atomic E-state index is 4.29. The zero-order valence-electron chi connectivity index (χ0n) is 10.4. The fourth-order valence-electron chi connectivity index (χ4n) is 1.69. The molecule has 0 aliphatic heterocycles. The highest BCUT2D eigenvalue weighted by molar-refractivity contribution is 7.09. The quantitative estimate of drug-likeness (QED) is 0.853. The van der Waals surface area contributed by atoms with Crippen molar-refractivity contribution >= 4 is 11.3 Å². The maximum Gasteiger partial charge on any atom is 0.112 e. The molecule has 0 spiro atoms. The first-order valence-corrected chi connectivity index (χ1v) is 6.86. The summed E-state index contributed by atoms with van der Waals surface area (Å²) in [5.74, 6) is 0.701. The molecule has 0 unspecified atom stereocenters. The van der Waals surface area contributed by atoms with Crippen LogP contribution in [0.4, 0.5) is 0 Å². The Hall–Kier alpha value is -1.13. The van der Waals surface area contributed by atoms with Gasteiger partial charge in [-0.1, -0.05) is 13.8 Å². The van der Waals surface area contributed by atoms with Gasteiger partial charge < -0.3 is 9.88 Å². The highest BCUT2D eigenvalue weighted by Gasteiger charge is 2.00. The Bertz CT molecular complexity index is 431. The molecule has 0 aliphatic carbocycles. The summed E-state index contributed by atoms with van der Waals surface area (Å²) in [5.41, 5.74) is 1.34. The standard InChI is InChI=1S/C13H19N3S/c1-11(2)7-14-8-12-3-5-16(9-12)10-13-15-4-6-17-13/h3-6,9,11,14H,7-8,10H2,1-2H3. The first kappa shape index (κ1) is 12.3. The second kappa shape index (κ2) is 5.98. The van der Waals surface area contributed by atoms with E-state index in [2.05, 4.69) is 47.2 Å². The number of nitrogens with zero attached hydrogens (tertiary/aromatic N) is 2. The maximum atomic E-state index is 4.29. The second-order valence-electron chi connectivity index (χ2n) is 4.64. The summed E-state index contributed by atoms with van der Waals surface area (Å²) in [7, 11) is 0. The third kappa shape index (κ3) is 3.98. The monoisotopic (exact) mass is 249 g/mol. The molecular weight excluding hydrogens is 230 g/mol. The molecule has 0 bridgehead atoms. The van der Waals surface area contributed by atoms with Gasteiger partial charge in [-0.05, 0) is 24.1 Å². The van der Waals surface area contributed by atoms with E-state index in [0.29, 0.717) is 5.92 Å². The Morgan fingerprint density at radius 2 is 2.35 bits per heavy atom. The van der Waals surface area contributed by atoms with Crippen LogP contribution in [0.15, 0.2) is 30.0 Å². The number of aromatic nitrogens is 2. The Morgan fingerprint density at radius 1 is 1.47 bits per heavy atom. The van der Waals surface area contributed by atoms with Gasteiger partial charge in [0.05, 0.1) is 6.54 Å². The minimum absolute atomic E-state index is 0.701. The van der Waals surface area contributed by atoms with E-state index in [-0.39, 0.29) is 0 Å². The van der Waals surface area contributed by atoms with Crippen LogP contribution in [0.5, 0.6) is 0 Å². The van der Waals surface area contributed by atoms with Crippen LogP contribution >= 0.6 is 11.3 Å². The van der Waals surface area contributed by atoms with E-state index in [1.165, 1.54) is 5.56 Å². The molecule has 2 aromatic rings. The van der Waals surface area contributed by atoms with Crippen LogP contribution in [-0.2, 0) is 13.1 Å². The molecule has 0 aliphatic rings. The predicted octanol–water partition coefficient (Wildman–Crippen LogP) is 2.74. The lowest BCUT2D eigenvalue weighted by molar-refractivity contribution is 0.552. The molecule has 4 heteroatoms. The lowest BCUT2D eigenvalue weighted by Crippen LogP contribution is -2.18. The van der Waals surface area contributed by atoms with Gasteiger partial charge in [0.25, 0.3) is 0 Å². The summed E-state index contributed by atoms with van der Waals surface area (Å²) in [6.07, 6.45) is 6.16. The highest BCUT2D eigenvalue weighted by atomic mass is 32.1. The molecule has 0 fully saturated rings. The van der Waals surface area contributed by atoms with Gasteiger partial charge in [-0.3, -0.25) is 0 Å². The summed E-state index contributed by atoms with van der Waals surface area (Å²) >= 11 is 1.70. The summed E-state index contributed by atoms with van der Waals surface area (Å²) in [6, 6.07) is 2.17. The fraction of sp³-hybridized carbons (Fsp3) is 0.462. The first-order valence-electron chi connectivity index (χ1n) is 5.98. The second-order valence-corrected chi connectivity index (χ2v) is 5.62. The summed E-state index contributed by atoms with van der Waals surface area (Å²) in [6.45, 7) is 7.34. The van der Waals surface area contributed by atoms with Crippen LogP contribution in [-0.4, -0.2) is 16.1 Å². The number of rotatable bonds is 6. The lowest BCUT2D eigenvalue weighted by atomic mass is 10.2. The van der Waals surface area contributed by atoms with Gasteiger partial charge in [-0.25, -0.2) is 4.98 Å². The van der Waals surface area contributed by atoms with Crippen molar-refractivity contribution in [3.63, 3.8) is 0 Å². The van der Waals surface area contributed by atoms with Crippen LogP contribution in [0, 0.1) is 5.92 Å². The summed E-state index contributed by atoms with van der Waals surface area (Å²) in [4.78, 5) is 4.29. The lowest BCUT2D eigenvalue weighted by Gasteiger charge is -2.05. The zero-order chi connectivity index (χ0) is 12.1. The van der Waals surface area contributed by atoms with Crippen LogP contribution in [0.1, 0.15) is 24.4 Å². The molecule has 17 heavy (non-hydrogen) atoms. The molecule has 0 amide bonds.